The molecule has 1 saturated heterocycles. The predicted octanol–water partition coefficient (Wildman–Crippen LogP) is 3.22. The average Bonchev–Trinajstić information content (AvgIpc) is 3.21. The van der Waals surface area contributed by atoms with E-state index in [0.29, 0.717) is 18.5 Å². The van der Waals surface area contributed by atoms with Crippen molar-refractivity contribution in [2.75, 3.05) is 11.4 Å². The van der Waals surface area contributed by atoms with Crippen molar-refractivity contribution >= 4 is 23.6 Å². The number of amides is 3. The van der Waals surface area contributed by atoms with Crippen LogP contribution in [-0.2, 0) is 15.0 Å². The van der Waals surface area contributed by atoms with Gasteiger partial charge in [-0.25, -0.2) is 14.0 Å². The van der Waals surface area contributed by atoms with E-state index in [1.54, 1.807) is 12.1 Å². The molecule has 32 heavy (non-hydrogen) atoms. The Labute approximate surface area is 185 Å². The largest absolute Gasteiger partial charge is 0.479 e. The van der Waals surface area contributed by atoms with Gasteiger partial charge in [0.15, 0.2) is 6.04 Å². The smallest absolute Gasteiger partial charge is 0.331 e. The molecule has 3 N–H and O–H groups in total. The Morgan fingerprint density at radius 1 is 1.22 bits per heavy atom. The van der Waals surface area contributed by atoms with E-state index < -0.39 is 35.8 Å². The van der Waals surface area contributed by atoms with E-state index >= 15 is 0 Å². The number of urea groups is 1. The van der Waals surface area contributed by atoms with E-state index in [0.717, 1.165) is 22.7 Å². The van der Waals surface area contributed by atoms with Gasteiger partial charge in [-0.3, -0.25) is 14.7 Å². The van der Waals surface area contributed by atoms with Crippen molar-refractivity contribution in [3.63, 3.8) is 0 Å². The van der Waals surface area contributed by atoms with Crippen LogP contribution in [0, 0.1) is 5.82 Å². The molecule has 8 nitrogen and oxygen atoms in total. The number of primary amides is 1. The third kappa shape index (κ3) is 4.71. The third-order valence-electron chi connectivity index (χ3n) is 5.58. The number of anilines is 1. The molecule has 1 aliphatic rings. The first-order valence-corrected chi connectivity index (χ1v) is 10.3. The number of benzene rings is 1. The van der Waals surface area contributed by atoms with Gasteiger partial charge in [-0.05, 0) is 42.0 Å². The topological polar surface area (TPSA) is 117 Å². The molecule has 9 heteroatoms. The number of carbonyl (C=O) groups excluding carboxylic acids is 2. The Morgan fingerprint density at radius 2 is 1.88 bits per heavy atom. The van der Waals surface area contributed by atoms with Gasteiger partial charge in [0, 0.05) is 24.0 Å². The Kier molecular flexibility index (Phi) is 6.47. The summed E-state index contributed by atoms with van der Waals surface area (Å²) in [4.78, 5) is 43.9. The van der Waals surface area contributed by atoms with E-state index in [1.165, 1.54) is 11.1 Å². The quantitative estimate of drug-likeness (QED) is 0.737. The molecule has 0 spiro atoms. The lowest BCUT2D eigenvalue weighted by Gasteiger charge is -2.34. The van der Waals surface area contributed by atoms with Crippen molar-refractivity contribution < 1.29 is 23.9 Å². The molecule has 1 aromatic carbocycles. The number of likely N-dealkylation sites (tertiary alicyclic amines) is 1. The van der Waals surface area contributed by atoms with Crippen LogP contribution < -0.4 is 10.6 Å². The first-order chi connectivity index (χ1) is 15.0. The number of hydrogen-bond donors (Lipinski definition) is 2. The molecule has 0 bridgehead atoms. The summed E-state index contributed by atoms with van der Waals surface area (Å²) < 4.78 is 13.9. The minimum atomic E-state index is -1.56. The molecule has 2 atom stereocenters. The number of hydrogen-bond acceptors (Lipinski definition) is 4. The molecule has 1 aromatic heterocycles. The minimum absolute atomic E-state index is 0.000528. The van der Waals surface area contributed by atoms with Crippen LogP contribution in [0.4, 0.5) is 14.9 Å². The number of pyridine rings is 1. The highest BCUT2D eigenvalue weighted by atomic mass is 19.1. The Bertz CT molecular complexity index is 1020. The van der Waals surface area contributed by atoms with E-state index in [9.17, 15) is 23.9 Å². The molecular formula is C23H27FN4O4. The molecule has 0 radical (unpaired) electrons. The lowest BCUT2D eigenvalue weighted by atomic mass is 9.87. The highest BCUT2D eigenvalue weighted by Gasteiger charge is 2.41. The molecule has 3 amide bonds. The van der Waals surface area contributed by atoms with Crippen LogP contribution in [0.3, 0.4) is 0 Å². The lowest BCUT2D eigenvalue weighted by molar-refractivity contribution is -0.138. The van der Waals surface area contributed by atoms with Gasteiger partial charge in [0.05, 0.1) is 6.20 Å². The minimum Gasteiger partial charge on any atom is -0.479 e. The predicted molar refractivity (Wildman–Crippen MR) is 117 cm³/mol. The van der Waals surface area contributed by atoms with Crippen molar-refractivity contribution in [3.05, 3.63) is 59.7 Å². The number of carboxylic acids is 1. The second kappa shape index (κ2) is 8.94. The number of carboxylic acid groups (broad SMARTS) is 1. The summed E-state index contributed by atoms with van der Waals surface area (Å²) in [6, 6.07) is 4.88. The Morgan fingerprint density at radius 3 is 2.41 bits per heavy atom. The van der Waals surface area contributed by atoms with E-state index in [1.807, 2.05) is 32.9 Å². The highest BCUT2D eigenvalue weighted by Crippen LogP contribution is 2.33. The van der Waals surface area contributed by atoms with Gasteiger partial charge >= 0.3 is 12.0 Å². The van der Waals surface area contributed by atoms with Crippen molar-refractivity contribution in [1.82, 2.24) is 9.88 Å². The zero-order valence-corrected chi connectivity index (χ0v) is 18.3. The second-order valence-corrected chi connectivity index (χ2v) is 8.88. The molecule has 0 saturated carbocycles. The summed E-state index contributed by atoms with van der Waals surface area (Å²) in [5, 5.41) is 10.0. The second-order valence-electron chi connectivity index (χ2n) is 8.88. The van der Waals surface area contributed by atoms with Gasteiger partial charge in [0.25, 0.3) is 0 Å². The van der Waals surface area contributed by atoms with Crippen molar-refractivity contribution in [2.45, 2.75) is 51.1 Å². The van der Waals surface area contributed by atoms with Gasteiger partial charge in [-0.1, -0.05) is 32.9 Å². The zero-order chi connectivity index (χ0) is 23.6. The van der Waals surface area contributed by atoms with Crippen LogP contribution in [-0.4, -0.2) is 45.5 Å². The van der Waals surface area contributed by atoms with E-state index in [4.69, 9.17) is 5.73 Å². The fourth-order valence-electron chi connectivity index (χ4n) is 3.90. The molecular weight excluding hydrogens is 415 g/mol. The number of aliphatic carboxylic acids is 1. The maximum absolute atomic E-state index is 13.9. The van der Waals surface area contributed by atoms with Gasteiger partial charge in [0.1, 0.15) is 11.9 Å². The standard InChI is InChI=1S/C23H27FN4O4/c1-23(2,3)15-6-8-17(9-7-15)28(22(32)27-10-4-5-18(27)20(25)29)19(21(30)31)14-11-16(24)13-26-12-14/h6-9,11-13,18-19H,4-5,10H2,1-3H3,(H2,25,29)(H,30,31)/t18-,19?/m0/s1. The maximum atomic E-state index is 13.9. The SMILES string of the molecule is CC(C)(C)c1ccc(N(C(=O)N2CCC[C@H]2C(N)=O)C(C(=O)O)c2cncc(F)c2)cc1. The van der Waals surface area contributed by atoms with Crippen molar-refractivity contribution in [2.24, 2.45) is 5.73 Å². The van der Waals surface area contributed by atoms with Crippen LogP contribution in [0.1, 0.15) is 50.8 Å². The Hall–Kier alpha value is -3.49. The molecule has 3 rings (SSSR count). The lowest BCUT2D eigenvalue weighted by Crippen LogP contribution is -2.52. The third-order valence-corrected chi connectivity index (χ3v) is 5.58. The molecule has 1 unspecified atom stereocenters. The summed E-state index contributed by atoms with van der Waals surface area (Å²) >= 11 is 0. The van der Waals surface area contributed by atoms with Crippen molar-refractivity contribution in [3.8, 4) is 0 Å². The number of nitrogens with zero attached hydrogens (tertiary/aromatic N) is 3. The summed E-state index contributed by atoms with van der Waals surface area (Å²) in [5.74, 6) is -2.74. The fourth-order valence-corrected chi connectivity index (χ4v) is 3.90. The normalized spacial score (nSPS) is 17.1. The molecule has 170 valence electrons. The first kappa shape index (κ1) is 23.2. The highest BCUT2D eigenvalue weighted by molar-refractivity contribution is 6.00. The number of carbonyl (C=O) groups is 3. The monoisotopic (exact) mass is 442 g/mol. The average molecular weight is 442 g/mol. The summed E-state index contributed by atoms with van der Waals surface area (Å²) in [5.41, 5.74) is 6.61. The summed E-state index contributed by atoms with van der Waals surface area (Å²) in [7, 11) is 0. The van der Waals surface area contributed by atoms with Crippen LogP contribution >= 0.6 is 0 Å². The summed E-state index contributed by atoms with van der Waals surface area (Å²) in [6.07, 6.45) is 3.13. The van der Waals surface area contributed by atoms with Crippen LogP contribution in [0.25, 0.3) is 0 Å². The van der Waals surface area contributed by atoms with Crippen LogP contribution in [0.2, 0.25) is 0 Å². The van der Waals surface area contributed by atoms with Crippen molar-refractivity contribution in [1.29, 1.82) is 0 Å². The maximum Gasteiger partial charge on any atom is 0.331 e. The van der Waals surface area contributed by atoms with E-state index in [-0.39, 0.29) is 17.5 Å². The number of rotatable bonds is 5. The van der Waals surface area contributed by atoms with Gasteiger partial charge in [0.2, 0.25) is 5.91 Å². The zero-order valence-electron chi connectivity index (χ0n) is 18.3. The molecule has 2 heterocycles. The van der Waals surface area contributed by atoms with Gasteiger partial charge in [-0.2, -0.15) is 0 Å². The molecule has 0 aliphatic carbocycles. The molecule has 1 fully saturated rings. The molecule has 2 aromatic rings. The number of aromatic nitrogens is 1. The summed E-state index contributed by atoms with van der Waals surface area (Å²) in [6.45, 7) is 6.36. The van der Waals surface area contributed by atoms with Gasteiger partial charge in [-0.15, -0.1) is 0 Å². The number of nitrogens with two attached hydrogens (primary N) is 1. The fraction of sp³-hybridized carbons (Fsp3) is 0.391. The number of halogens is 1. The van der Waals surface area contributed by atoms with E-state index in [2.05, 4.69) is 4.98 Å². The Balaban J connectivity index is 2.12. The van der Waals surface area contributed by atoms with Crippen LogP contribution in [0.15, 0.2) is 42.7 Å². The first-order valence-electron chi connectivity index (χ1n) is 10.3. The van der Waals surface area contributed by atoms with Gasteiger partial charge < -0.3 is 15.7 Å². The molecule has 1 aliphatic heterocycles. The van der Waals surface area contributed by atoms with Crippen LogP contribution in [0.5, 0.6) is 0 Å².